The van der Waals surface area contributed by atoms with Crippen LogP contribution in [0.15, 0.2) is 48.5 Å². The van der Waals surface area contributed by atoms with Gasteiger partial charge in [-0.3, -0.25) is 4.79 Å². The predicted molar refractivity (Wildman–Crippen MR) is 81.3 cm³/mol. The van der Waals surface area contributed by atoms with Gasteiger partial charge in [0.15, 0.2) is 0 Å². The molecule has 0 bridgehead atoms. The minimum absolute atomic E-state index is 0.478. The van der Waals surface area contributed by atoms with Gasteiger partial charge in [-0.05, 0) is 42.3 Å². The van der Waals surface area contributed by atoms with Gasteiger partial charge >= 0.3 is 5.97 Å². The molecule has 4 heteroatoms. The number of carboxylic acid groups (broad SMARTS) is 1. The molecule has 0 saturated heterocycles. The van der Waals surface area contributed by atoms with Crippen molar-refractivity contribution in [1.82, 2.24) is 0 Å². The molecule has 0 saturated carbocycles. The molecule has 0 aromatic heterocycles. The number of anilines is 1. The first-order chi connectivity index (χ1) is 9.56. The van der Waals surface area contributed by atoms with Crippen LogP contribution in [0.5, 0.6) is 0 Å². The molecule has 0 aliphatic carbocycles. The minimum atomic E-state index is -0.808. The largest absolute Gasteiger partial charge is 0.481 e. The fraction of sp³-hybridized carbons (Fsp3) is 0.188. The SMILES string of the molecule is CC(C(=O)O)c1ccc(CNc2ccc(Cl)cc2)cc1. The van der Waals surface area contributed by atoms with Gasteiger partial charge in [0.05, 0.1) is 5.92 Å². The number of hydrogen-bond acceptors (Lipinski definition) is 2. The van der Waals surface area contributed by atoms with E-state index in [2.05, 4.69) is 5.32 Å². The van der Waals surface area contributed by atoms with Gasteiger partial charge in [-0.25, -0.2) is 0 Å². The molecule has 1 atom stereocenters. The van der Waals surface area contributed by atoms with Crippen molar-refractivity contribution in [2.75, 3.05) is 5.32 Å². The topological polar surface area (TPSA) is 49.3 Å². The molecule has 0 radical (unpaired) electrons. The molecule has 2 aromatic rings. The fourth-order valence-corrected chi connectivity index (χ4v) is 1.96. The minimum Gasteiger partial charge on any atom is -0.481 e. The zero-order chi connectivity index (χ0) is 14.5. The summed E-state index contributed by atoms with van der Waals surface area (Å²) in [6.07, 6.45) is 0. The van der Waals surface area contributed by atoms with Gasteiger partial charge in [-0.1, -0.05) is 35.9 Å². The summed E-state index contributed by atoms with van der Waals surface area (Å²) in [7, 11) is 0. The molecule has 0 fully saturated rings. The second-order valence-electron chi connectivity index (χ2n) is 4.66. The lowest BCUT2D eigenvalue weighted by Crippen LogP contribution is -2.07. The highest BCUT2D eigenvalue weighted by atomic mass is 35.5. The molecular weight excluding hydrogens is 274 g/mol. The van der Waals surface area contributed by atoms with Crippen LogP contribution in [0.3, 0.4) is 0 Å². The van der Waals surface area contributed by atoms with Crippen LogP contribution < -0.4 is 5.32 Å². The molecule has 3 nitrogen and oxygen atoms in total. The van der Waals surface area contributed by atoms with Crippen molar-refractivity contribution in [3.05, 3.63) is 64.7 Å². The van der Waals surface area contributed by atoms with Crippen LogP contribution in [0.2, 0.25) is 5.02 Å². The molecule has 2 rings (SSSR count). The number of benzene rings is 2. The van der Waals surface area contributed by atoms with Crippen LogP contribution in [0.1, 0.15) is 24.0 Å². The Morgan fingerprint density at radius 3 is 2.30 bits per heavy atom. The zero-order valence-corrected chi connectivity index (χ0v) is 11.9. The molecule has 2 aromatic carbocycles. The van der Waals surface area contributed by atoms with E-state index in [0.717, 1.165) is 16.8 Å². The fourth-order valence-electron chi connectivity index (χ4n) is 1.84. The number of carboxylic acids is 1. The van der Waals surface area contributed by atoms with Crippen LogP contribution in [-0.4, -0.2) is 11.1 Å². The van der Waals surface area contributed by atoms with Gasteiger partial charge < -0.3 is 10.4 Å². The van der Waals surface area contributed by atoms with E-state index >= 15 is 0 Å². The number of carbonyl (C=O) groups is 1. The van der Waals surface area contributed by atoms with Gasteiger partial charge in [0.1, 0.15) is 0 Å². The molecule has 0 spiro atoms. The normalized spacial score (nSPS) is 11.9. The van der Waals surface area contributed by atoms with Crippen LogP contribution in [0.4, 0.5) is 5.69 Å². The van der Waals surface area contributed by atoms with E-state index in [1.165, 1.54) is 0 Å². The van der Waals surface area contributed by atoms with Crippen molar-refractivity contribution in [2.24, 2.45) is 0 Å². The lowest BCUT2D eigenvalue weighted by Gasteiger charge is -2.09. The summed E-state index contributed by atoms with van der Waals surface area (Å²) in [5.41, 5.74) is 2.91. The van der Waals surface area contributed by atoms with E-state index in [4.69, 9.17) is 16.7 Å². The molecular formula is C16H16ClNO2. The third kappa shape index (κ3) is 3.75. The number of halogens is 1. The van der Waals surface area contributed by atoms with E-state index < -0.39 is 11.9 Å². The summed E-state index contributed by atoms with van der Waals surface area (Å²) < 4.78 is 0. The third-order valence-corrected chi connectivity index (χ3v) is 3.44. The maximum Gasteiger partial charge on any atom is 0.310 e. The van der Waals surface area contributed by atoms with Gasteiger partial charge in [0, 0.05) is 17.3 Å². The van der Waals surface area contributed by atoms with Crippen molar-refractivity contribution < 1.29 is 9.90 Å². The number of nitrogens with one attached hydrogen (secondary N) is 1. The Balaban J connectivity index is 1.97. The van der Waals surface area contributed by atoms with Crippen molar-refractivity contribution in [1.29, 1.82) is 0 Å². The molecule has 0 amide bonds. The quantitative estimate of drug-likeness (QED) is 0.870. The number of aliphatic carboxylic acids is 1. The summed E-state index contributed by atoms with van der Waals surface area (Å²) in [5.74, 6) is -1.29. The highest BCUT2D eigenvalue weighted by molar-refractivity contribution is 6.30. The Labute approximate surface area is 123 Å². The van der Waals surface area contributed by atoms with Crippen LogP contribution >= 0.6 is 11.6 Å². The first-order valence-corrected chi connectivity index (χ1v) is 6.75. The Morgan fingerprint density at radius 2 is 1.75 bits per heavy atom. The average molecular weight is 290 g/mol. The zero-order valence-electron chi connectivity index (χ0n) is 11.1. The maximum atomic E-state index is 10.9. The van der Waals surface area contributed by atoms with Crippen LogP contribution in [0.25, 0.3) is 0 Å². The Morgan fingerprint density at radius 1 is 1.15 bits per heavy atom. The molecule has 20 heavy (non-hydrogen) atoms. The molecule has 1 unspecified atom stereocenters. The van der Waals surface area contributed by atoms with E-state index in [9.17, 15) is 4.79 Å². The summed E-state index contributed by atoms with van der Waals surface area (Å²) in [6.45, 7) is 2.37. The standard InChI is InChI=1S/C16H16ClNO2/c1-11(16(19)20)13-4-2-12(3-5-13)10-18-15-8-6-14(17)7-9-15/h2-9,11,18H,10H2,1H3,(H,19,20). The second-order valence-corrected chi connectivity index (χ2v) is 5.10. The predicted octanol–water partition coefficient (Wildman–Crippen LogP) is 4.14. The summed E-state index contributed by atoms with van der Waals surface area (Å²) >= 11 is 5.83. The summed E-state index contributed by atoms with van der Waals surface area (Å²) in [6, 6.07) is 15.1. The van der Waals surface area contributed by atoms with E-state index in [0.29, 0.717) is 11.6 Å². The smallest absolute Gasteiger partial charge is 0.310 e. The van der Waals surface area contributed by atoms with Crippen molar-refractivity contribution >= 4 is 23.3 Å². The monoisotopic (exact) mass is 289 g/mol. The average Bonchev–Trinajstić information content (AvgIpc) is 2.46. The highest BCUT2D eigenvalue weighted by Crippen LogP contribution is 2.17. The van der Waals surface area contributed by atoms with E-state index in [1.54, 1.807) is 6.92 Å². The van der Waals surface area contributed by atoms with Crippen LogP contribution in [0, 0.1) is 0 Å². The molecule has 2 N–H and O–H groups in total. The lowest BCUT2D eigenvalue weighted by molar-refractivity contribution is -0.138. The van der Waals surface area contributed by atoms with Gasteiger partial charge in [0.25, 0.3) is 0 Å². The van der Waals surface area contributed by atoms with E-state index in [1.807, 2.05) is 48.5 Å². The van der Waals surface area contributed by atoms with Crippen LogP contribution in [-0.2, 0) is 11.3 Å². The Hall–Kier alpha value is -2.00. The maximum absolute atomic E-state index is 10.9. The number of rotatable bonds is 5. The first kappa shape index (κ1) is 14.4. The molecule has 104 valence electrons. The van der Waals surface area contributed by atoms with Crippen molar-refractivity contribution in [3.63, 3.8) is 0 Å². The van der Waals surface area contributed by atoms with E-state index in [-0.39, 0.29) is 0 Å². The summed E-state index contributed by atoms with van der Waals surface area (Å²) in [4.78, 5) is 10.9. The third-order valence-electron chi connectivity index (χ3n) is 3.19. The first-order valence-electron chi connectivity index (χ1n) is 6.37. The Kier molecular flexibility index (Phi) is 4.64. The highest BCUT2D eigenvalue weighted by Gasteiger charge is 2.12. The Bertz CT molecular complexity index is 578. The summed E-state index contributed by atoms with van der Waals surface area (Å²) in [5, 5.41) is 13.0. The van der Waals surface area contributed by atoms with Gasteiger partial charge in [-0.2, -0.15) is 0 Å². The van der Waals surface area contributed by atoms with Crippen molar-refractivity contribution in [3.8, 4) is 0 Å². The van der Waals surface area contributed by atoms with Gasteiger partial charge in [-0.15, -0.1) is 0 Å². The molecule has 0 aliphatic heterocycles. The van der Waals surface area contributed by atoms with Gasteiger partial charge in [0.2, 0.25) is 0 Å². The van der Waals surface area contributed by atoms with Crippen molar-refractivity contribution in [2.45, 2.75) is 19.4 Å². The molecule has 0 aliphatic rings. The molecule has 0 heterocycles. The number of hydrogen-bond donors (Lipinski definition) is 2. The second kappa shape index (κ2) is 6.44. The lowest BCUT2D eigenvalue weighted by atomic mass is 10.00.